The highest BCUT2D eigenvalue weighted by Gasteiger charge is 2.17. The van der Waals surface area contributed by atoms with Gasteiger partial charge in [-0.15, -0.1) is 0 Å². The van der Waals surface area contributed by atoms with Crippen LogP contribution in [-0.2, 0) is 9.53 Å². The van der Waals surface area contributed by atoms with Crippen molar-refractivity contribution in [2.75, 3.05) is 13.1 Å². The Morgan fingerprint density at radius 1 is 1.27 bits per heavy atom. The number of esters is 1. The lowest BCUT2D eigenvalue weighted by atomic mass is 10.2. The van der Waals surface area contributed by atoms with Gasteiger partial charge in [0.2, 0.25) is 0 Å². The summed E-state index contributed by atoms with van der Waals surface area (Å²) in [6, 6.07) is 0. The Morgan fingerprint density at radius 2 is 1.80 bits per heavy atom. The normalized spacial score (nSPS) is 18.1. The molecule has 0 atom stereocenters. The van der Waals surface area contributed by atoms with Gasteiger partial charge in [-0.25, -0.2) is 4.79 Å². The minimum atomic E-state index is -0.404. The highest BCUT2D eigenvalue weighted by Crippen LogP contribution is 2.15. The molecule has 1 saturated heterocycles. The molecule has 1 aliphatic rings. The Labute approximate surface area is 92.1 Å². The Balaban J connectivity index is 2.50. The summed E-state index contributed by atoms with van der Waals surface area (Å²) in [5.41, 5.74) is 0.612. The number of likely N-dealkylation sites (tertiary alicyclic amines) is 1. The Bertz CT molecular complexity index is 257. The molecule has 0 aromatic carbocycles. The van der Waals surface area contributed by atoms with Crippen LogP contribution in [0.1, 0.15) is 40.5 Å². The molecule has 3 heteroatoms. The van der Waals surface area contributed by atoms with Gasteiger partial charge in [-0.2, -0.15) is 0 Å². The zero-order valence-corrected chi connectivity index (χ0v) is 10.2. The van der Waals surface area contributed by atoms with Crippen molar-refractivity contribution >= 4 is 5.97 Å². The fourth-order valence-corrected chi connectivity index (χ4v) is 1.66. The van der Waals surface area contributed by atoms with Crippen LogP contribution >= 0.6 is 0 Å². The van der Waals surface area contributed by atoms with Crippen LogP contribution < -0.4 is 0 Å². The molecule has 0 radical (unpaired) electrons. The molecule has 15 heavy (non-hydrogen) atoms. The predicted octanol–water partition coefficient (Wildman–Crippen LogP) is 2.33. The number of hydrogen-bond acceptors (Lipinski definition) is 3. The van der Waals surface area contributed by atoms with Crippen LogP contribution in [0.15, 0.2) is 11.8 Å². The second-order valence-electron chi connectivity index (χ2n) is 5.01. The maximum Gasteiger partial charge on any atom is 0.333 e. The third kappa shape index (κ3) is 4.36. The van der Waals surface area contributed by atoms with Gasteiger partial charge in [0.05, 0.1) is 0 Å². The fourth-order valence-electron chi connectivity index (χ4n) is 1.66. The average Bonchev–Trinajstić information content (AvgIpc) is 2.50. The number of carbonyl (C=O) groups is 1. The molecule has 1 aliphatic heterocycles. The molecule has 0 unspecified atom stereocenters. The largest absolute Gasteiger partial charge is 0.457 e. The smallest absolute Gasteiger partial charge is 0.333 e. The van der Waals surface area contributed by atoms with Crippen LogP contribution in [-0.4, -0.2) is 29.6 Å². The molecular weight excluding hydrogens is 190 g/mol. The zero-order valence-electron chi connectivity index (χ0n) is 10.2. The molecule has 86 valence electrons. The first-order chi connectivity index (χ1) is 6.88. The van der Waals surface area contributed by atoms with Gasteiger partial charge in [0.15, 0.2) is 0 Å². The van der Waals surface area contributed by atoms with Crippen molar-refractivity contribution in [1.29, 1.82) is 0 Å². The van der Waals surface area contributed by atoms with E-state index in [-0.39, 0.29) is 5.97 Å². The highest BCUT2D eigenvalue weighted by atomic mass is 16.6. The zero-order chi connectivity index (χ0) is 11.5. The molecule has 1 rings (SSSR count). The third-order valence-electron chi connectivity index (χ3n) is 2.34. The van der Waals surface area contributed by atoms with Gasteiger partial charge in [-0.1, -0.05) is 0 Å². The lowest BCUT2D eigenvalue weighted by molar-refractivity contribution is -0.148. The summed E-state index contributed by atoms with van der Waals surface area (Å²) in [5, 5.41) is 0. The maximum absolute atomic E-state index is 11.5. The van der Waals surface area contributed by atoms with Gasteiger partial charge < -0.3 is 9.64 Å². The van der Waals surface area contributed by atoms with Crippen molar-refractivity contribution in [2.24, 2.45) is 0 Å². The molecule has 3 nitrogen and oxygen atoms in total. The van der Waals surface area contributed by atoms with Crippen LogP contribution in [0.4, 0.5) is 0 Å². The van der Waals surface area contributed by atoms with Gasteiger partial charge in [0.1, 0.15) is 5.60 Å². The van der Waals surface area contributed by atoms with Crippen molar-refractivity contribution in [3.63, 3.8) is 0 Å². The van der Waals surface area contributed by atoms with Gasteiger partial charge in [0, 0.05) is 24.9 Å². The number of ether oxygens (including phenoxy) is 1. The lowest BCUT2D eigenvalue weighted by Crippen LogP contribution is -2.24. The summed E-state index contributed by atoms with van der Waals surface area (Å²) in [5.74, 6) is -0.244. The minimum Gasteiger partial charge on any atom is -0.457 e. The molecule has 1 fully saturated rings. The molecule has 0 bridgehead atoms. The number of allylic oxidation sites excluding steroid dienone is 1. The van der Waals surface area contributed by atoms with E-state index in [1.54, 1.807) is 6.08 Å². The number of hydrogen-bond donors (Lipinski definition) is 0. The first kappa shape index (κ1) is 12.1. The van der Waals surface area contributed by atoms with E-state index in [0.29, 0.717) is 0 Å². The first-order valence-electron chi connectivity index (χ1n) is 5.55. The van der Waals surface area contributed by atoms with Gasteiger partial charge in [0.25, 0.3) is 0 Å². The minimum absolute atomic E-state index is 0.244. The van der Waals surface area contributed by atoms with Gasteiger partial charge in [-0.3, -0.25) is 0 Å². The molecular formula is C12H21NO2. The third-order valence-corrected chi connectivity index (χ3v) is 2.34. The molecule has 0 aliphatic carbocycles. The van der Waals surface area contributed by atoms with Crippen molar-refractivity contribution in [1.82, 2.24) is 4.90 Å². The predicted molar refractivity (Wildman–Crippen MR) is 60.4 cm³/mol. The average molecular weight is 211 g/mol. The van der Waals surface area contributed by atoms with Crippen LogP contribution in [0.5, 0.6) is 0 Å². The van der Waals surface area contributed by atoms with E-state index in [1.807, 2.05) is 27.7 Å². The van der Waals surface area contributed by atoms with Crippen LogP contribution in [0.3, 0.4) is 0 Å². The lowest BCUT2D eigenvalue weighted by Gasteiger charge is -2.21. The van der Waals surface area contributed by atoms with E-state index in [0.717, 1.165) is 18.8 Å². The topological polar surface area (TPSA) is 29.5 Å². The van der Waals surface area contributed by atoms with E-state index >= 15 is 0 Å². The van der Waals surface area contributed by atoms with Crippen molar-refractivity contribution < 1.29 is 9.53 Å². The maximum atomic E-state index is 11.5. The Morgan fingerprint density at radius 3 is 2.27 bits per heavy atom. The number of carbonyl (C=O) groups excluding carboxylic acids is 1. The summed E-state index contributed by atoms with van der Waals surface area (Å²) >= 11 is 0. The van der Waals surface area contributed by atoms with Gasteiger partial charge >= 0.3 is 5.97 Å². The Kier molecular flexibility index (Phi) is 3.77. The molecule has 0 N–H and O–H groups in total. The van der Waals surface area contributed by atoms with E-state index in [2.05, 4.69) is 4.90 Å². The molecule has 0 amide bonds. The monoisotopic (exact) mass is 211 g/mol. The summed E-state index contributed by atoms with van der Waals surface area (Å²) in [6.07, 6.45) is 4.04. The quantitative estimate of drug-likeness (QED) is 0.518. The molecule has 1 heterocycles. The molecule has 0 spiro atoms. The second kappa shape index (κ2) is 4.69. The summed E-state index contributed by atoms with van der Waals surface area (Å²) < 4.78 is 5.23. The molecule has 0 saturated carbocycles. The summed E-state index contributed by atoms with van der Waals surface area (Å²) in [4.78, 5) is 13.7. The van der Waals surface area contributed by atoms with E-state index in [1.165, 1.54) is 12.8 Å². The van der Waals surface area contributed by atoms with Crippen LogP contribution in [0, 0.1) is 0 Å². The highest BCUT2D eigenvalue weighted by molar-refractivity contribution is 5.82. The van der Waals surface area contributed by atoms with Crippen molar-refractivity contribution in [3.8, 4) is 0 Å². The van der Waals surface area contributed by atoms with Gasteiger partial charge in [-0.05, 0) is 40.5 Å². The Hall–Kier alpha value is -0.990. The molecule has 0 aromatic heterocycles. The SMILES string of the molecule is C/C(=C\C(=O)OC(C)(C)C)N1CCCC1. The number of nitrogens with zero attached hydrogens (tertiary/aromatic N) is 1. The van der Waals surface area contributed by atoms with E-state index in [4.69, 9.17) is 4.74 Å². The first-order valence-corrected chi connectivity index (χ1v) is 5.55. The number of rotatable bonds is 2. The van der Waals surface area contributed by atoms with Crippen molar-refractivity contribution in [2.45, 2.75) is 46.1 Å². The van der Waals surface area contributed by atoms with Crippen LogP contribution in [0.2, 0.25) is 0 Å². The van der Waals surface area contributed by atoms with E-state index in [9.17, 15) is 4.79 Å². The fraction of sp³-hybridized carbons (Fsp3) is 0.750. The summed E-state index contributed by atoms with van der Waals surface area (Å²) in [6.45, 7) is 9.73. The molecule has 0 aromatic rings. The van der Waals surface area contributed by atoms with Crippen LogP contribution in [0.25, 0.3) is 0 Å². The van der Waals surface area contributed by atoms with Crippen molar-refractivity contribution in [3.05, 3.63) is 11.8 Å². The summed E-state index contributed by atoms with van der Waals surface area (Å²) in [7, 11) is 0. The van der Waals surface area contributed by atoms with E-state index < -0.39 is 5.60 Å². The second-order valence-corrected chi connectivity index (χ2v) is 5.01. The standard InChI is InChI=1S/C12H21NO2/c1-10(13-7-5-6-8-13)9-11(14)15-12(2,3)4/h9H,5-8H2,1-4H3/b10-9+.